The molecular formula is C25H23F3N4O2S. The van der Waals surface area contributed by atoms with Gasteiger partial charge in [-0.15, -0.1) is 0 Å². The summed E-state index contributed by atoms with van der Waals surface area (Å²) in [5.74, 6) is -0.252. The molecule has 2 fully saturated rings. The number of alkyl halides is 3. The van der Waals surface area contributed by atoms with Gasteiger partial charge in [0.25, 0.3) is 11.8 Å². The van der Waals surface area contributed by atoms with Crippen LogP contribution in [0.15, 0.2) is 48.5 Å². The molecule has 5 rings (SSSR count). The standard InChI is InChI=1S/C25H23F3N4O2S/c1-13-4-2-5-14(8-13)21-20(31-24(29)35-21)23(34)32-12-16-10-18(16)19(32)11-30-22(33)15-6-3-7-17(9-15)25(26,27)28/h2-9,16,18-19H,10-12H2,1H3,(H2,29,31)(H,30,33)/t16-,18-,19-/m1/s1. The van der Waals surface area contributed by atoms with E-state index in [1.807, 2.05) is 31.2 Å². The number of carbonyl (C=O) groups excluding carboxylic acids is 2. The minimum absolute atomic E-state index is 0.0722. The molecule has 1 aliphatic heterocycles. The summed E-state index contributed by atoms with van der Waals surface area (Å²) in [6.07, 6.45) is -3.58. The van der Waals surface area contributed by atoms with E-state index in [0.717, 1.165) is 29.7 Å². The van der Waals surface area contributed by atoms with Crippen LogP contribution in [0.5, 0.6) is 0 Å². The Labute approximate surface area is 204 Å². The number of carbonyl (C=O) groups is 2. The van der Waals surface area contributed by atoms with E-state index in [-0.39, 0.29) is 35.7 Å². The summed E-state index contributed by atoms with van der Waals surface area (Å²) in [4.78, 5) is 32.9. The molecule has 1 aliphatic carbocycles. The Hall–Kier alpha value is -3.40. The lowest BCUT2D eigenvalue weighted by molar-refractivity contribution is -0.137. The van der Waals surface area contributed by atoms with Crippen molar-refractivity contribution in [3.63, 3.8) is 0 Å². The number of amides is 2. The minimum Gasteiger partial charge on any atom is -0.375 e. The zero-order chi connectivity index (χ0) is 24.9. The lowest BCUT2D eigenvalue weighted by atomic mass is 10.1. The zero-order valence-corrected chi connectivity index (χ0v) is 19.6. The third-order valence-corrected chi connectivity index (χ3v) is 7.55. The number of rotatable bonds is 5. The first kappa shape index (κ1) is 23.3. The molecule has 1 saturated carbocycles. The zero-order valence-electron chi connectivity index (χ0n) is 18.8. The predicted molar refractivity (Wildman–Crippen MR) is 127 cm³/mol. The fourth-order valence-corrected chi connectivity index (χ4v) is 5.62. The molecule has 0 bridgehead atoms. The number of aromatic nitrogens is 1. The van der Waals surface area contributed by atoms with Crippen molar-refractivity contribution in [2.45, 2.75) is 25.6 Å². The highest BCUT2D eigenvalue weighted by Crippen LogP contribution is 2.50. The predicted octanol–water partition coefficient (Wildman–Crippen LogP) is 4.61. The van der Waals surface area contributed by atoms with E-state index in [2.05, 4.69) is 10.3 Å². The van der Waals surface area contributed by atoms with Crippen LogP contribution in [-0.4, -0.2) is 40.8 Å². The molecule has 6 nitrogen and oxygen atoms in total. The molecule has 0 unspecified atom stereocenters. The minimum atomic E-state index is -4.53. The molecule has 2 amide bonds. The fourth-order valence-electron chi connectivity index (χ4n) is 4.80. The number of hydrogen-bond acceptors (Lipinski definition) is 5. The van der Waals surface area contributed by atoms with Crippen LogP contribution in [0, 0.1) is 18.8 Å². The molecular weight excluding hydrogens is 477 g/mol. The van der Waals surface area contributed by atoms with Gasteiger partial charge in [0.15, 0.2) is 5.13 Å². The molecule has 0 radical (unpaired) electrons. The second kappa shape index (κ2) is 8.67. The highest BCUT2D eigenvalue weighted by atomic mass is 32.1. The summed E-state index contributed by atoms with van der Waals surface area (Å²) < 4.78 is 39.0. The maximum absolute atomic E-state index is 13.6. The topological polar surface area (TPSA) is 88.3 Å². The van der Waals surface area contributed by atoms with Gasteiger partial charge in [-0.3, -0.25) is 9.59 Å². The van der Waals surface area contributed by atoms with Gasteiger partial charge in [-0.1, -0.05) is 47.2 Å². The summed E-state index contributed by atoms with van der Waals surface area (Å²) >= 11 is 1.25. The molecule has 3 N–H and O–H groups in total. The maximum atomic E-state index is 13.6. The van der Waals surface area contributed by atoms with Gasteiger partial charge in [-0.2, -0.15) is 13.2 Å². The van der Waals surface area contributed by atoms with Gasteiger partial charge in [-0.25, -0.2) is 4.98 Å². The highest BCUT2D eigenvalue weighted by Gasteiger charge is 2.54. The van der Waals surface area contributed by atoms with E-state index in [4.69, 9.17) is 5.73 Å². The monoisotopic (exact) mass is 500 g/mol. The number of nitrogens with one attached hydrogen (secondary N) is 1. The van der Waals surface area contributed by atoms with Crippen LogP contribution >= 0.6 is 11.3 Å². The van der Waals surface area contributed by atoms with Crippen LogP contribution in [0.4, 0.5) is 18.3 Å². The van der Waals surface area contributed by atoms with Crippen LogP contribution < -0.4 is 11.1 Å². The summed E-state index contributed by atoms with van der Waals surface area (Å²) in [6.45, 7) is 2.67. The first-order valence-corrected chi connectivity index (χ1v) is 12.0. The summed E-state index contributed by atoms with van der Waals surface area (Å²) in [5, 5.41) is 3.02. The molecule has 1 saturated heterocycles. The fraction of sp³-hybridized carbons (Fsp3) is 0.320. The van der Waals surface area contributed by atoms with Gasteiger partial charge in [0, 0.05) is 18.7 Å². The van der Waals surface area contributed by atoms with E-state index in [0.29, 0.717) is 22.5 Å². The third-order valence-electron chi connectivity index (χ3n) is 6.61. The van der Waals surface area contributed by atoms with Gasteiger partial charge < -0.3 is 16.0 Å². The van der Waals surface area contributed by atoms with Gasteiger partial charge in [0.2, 0.25) is 0 Å². The molecule has 3 atom stereocenters. The van der Waals surface area contributed by atoms with E-state index < -0.39 is 17.6 Å². The van der Waals surface area contributed by atoms with Crippen molar-refractivity contribution in [1.82, 2.24) is 15.2 Å². The van der Waals surface area contributed by atoms with Gasteiger partial charge in [0.1, 0.15) is 5.69 Å². The van der Waals surface area contributed by atoms with Crippen molar-refractivity contribution < 1.29 is 22.8 Å². The first-order chi connectivity index (χ1) is 16.6. The quantitative estimate of drug-likeness (QED) is 0.536. The van der Waals surface area contributed by atoms with Crippen LogP contribution in [0.2, 0.25) is 0 Å². The van der Waals surface area contributed by atoms with Crippen LogP contribution in [0.25, 0.3) is 10.4 Å². The second-order valence-corrected chi connectivity index (χ2v) is 10.1. The third kappa shape index (κ3) is 4.62. The van der Waals surface area contributed by atoms with E-state index in [9.17, 15) is 22.8 Å². The van der Waals surface area contributed by atoms with E-state index in [1.165, 1.54) is 23.5 Å². The number of nitrogen functional groups attached to an aromatic ring is 1. The number of nitrogens with two attached hydrogens (primary N) is 1. The SMILES string of the molecule is Cc1cccc(-c2sc(N)nc2C(=O)N2C[C@H]3C[C@H]3[C@H]2CNC(=O)c2cccc(C(F)(F)F)c2)c1. The molecule has 2 aromatic carbocycles. The van der Waals surface area contributed by atoms with Gasteiger partial charge >= 0.3 is 6.18 Å². The Morgan fingerprint density at radius 1 is 1.20 bits per heavy atom. The number of nitrogens with zero attached hydrogens (tertiary/aromatic N) is 2. The molecule has 182 valence electrons. The largest absolute Gasteiger partial charge is 0.416 e. The van der Waals surface area contributed by atoms with Gasteiger partial charge in [-0.05, 0) is 48.9 Å². The number of benzene rings is 2. The number of anilines is 1. The Morgan fingerprint density at radius 2 is 1.97 bits per heavy atom. The number of fused-ring (bicyclic) bond motifs is 1. The molecule has 10 heteroatoms. The van der Waals surface area contributed by atoms with Crippen molar-refractivity contribution in [3.05, 3.63) is 70.9 Å². The maximum Gasteiger partial charge on any atom is 0.416 e. The number of piperidine rings is 1. The number of halogens is 3. The normalized spacial score (nSPS) is 21.0. The Balaban J connectivity index is 1.34. The van der Waals surface area contributed by atoms with Gasteiger partial charge in [0.05, 0.1) is 16.5 Å². The molecule has 35 heavy (non-hydrogen) atoms. The van der Waals surface area contributed by atoms with Crippen molar-refractivity contribution in [2.75, 3.05) is 18.8 Å². The average Bonchev–Trinajstić information content (AvgIpc) is 3.33. The molecule has 2 aliphatic rings. The number of likely N-dealkylation sites (tertiary alicyclic amines) is 1. The summed E-state index contributed by atoms with van der Waals surface area (Å²) in [6, 6.07) is 11.8. The lowest BCUT2D eigenvalue weighted by Gasteiger charge is -2.27. The summed E-state index contributed by atoms with van der Waals surface area (Å²) in [7, 11) is 0. The first-order valence-electron chi connectivity index (χ1n) is 11.2. The lowest BCUT2D eigenvalue weighted by Crippen LogP contribution is -2.45. The van der Waals surface area contributed by atoms with E-state index >= 15 is 0 Å². The smallest absolute Gasteiger partial charge is 0.375 e. The van der Waals surface area contributed by atoms with E-state index in [1.54, 1.807) is 4.90 Å². The number of hydrogen-bond donors (Lipinski definition) is 2. The van der Waals surface area contributed by atoms with Crippen LogP contribution in [-0.2, 0) is 6.18 Å². The average molecular weight is 501 g/mol. The van der Waals surface area contributed by atoms with Crippen molar-refractivity contribution in [2.24, 2.45) is 11.8 Å². The highest BCUT2D eigenvalue weighted by molar-refractivity contribution is 7.19. The van der Waals surface area contributed by atoms with Crippen molar-refractivity contribution in [1.29, 1.82) is 0 Å². The Kier molecular flexibility index (Phi) is 5.79. The number of thiazole rings is 1. The molecule has 0 spiro atoms. The van der Waals surface area contributed by atoms with Crippen LogP contribution in [0.1, 0.15) is 38.4 Å². The Bertz CT molecular complexity index is 1310. The second-order valence-electron chi connectivity index (χ2n) is 9.07. The molecule has 1 aromatic heterocycles. The van der Waals surface area contributed by atoms with Crippen molar-refractivity contribution in [3.8, 4) is 10.4 Å². The van der Waals surface area contributed by atoms with Crippen molar-refractivity contribution >= 4 is 28.3 Å². The molecule has 2 heterocycles. The summed E-state index contributed by atoms with van der Waals surface area (Å²) in [5.41, 5.74) is 7.21. The Morgan fingerprint density at radius 3 is 2.71 bits per heavy atom. The van der Waals surface area contributed by atoms with Crippen LogP contribution in [0.3, 0.4) is 0 Å². The number of aryl methyl sites for hydroxylation is 1. The molecule has 3 aromatic rings.